The van der Waals surface area contributed by atoms with Crippen LogP contribution in [-0.4, -0.2) is 31.2 Å². The Balaban J connectivity index is 1.69. The molecule has 20 heavy (non-hydrogen) atoms. The van der Waals surface area contributed by atoms with Crippen molar-refractivity contribution in [1.82, 2.24) is 4.98 Å². The molecule has 0 unspecified atom stereocenters. The number of thiazole rings is 1. The largest absolute Gasteiger partial charge is 0.367 e. The Kier molecular flexibility index (Phi) is 4.63. The summed E-state index contributed by atoms with van der Waals surface area (Å²) in [5.74, 6) is 0. The number of halogens is 2. The van der Waals surface area contributed by atoms with Gasteiger partial charge in [0, 0.05) is 47.6 Å². The summed E-state index contributed by atoms with van der Waals surface area (Å²) in [6.07, 6.45) is 1.88. The van der Waals surface area contributed by atoms with Crippen molar-refractivity contribution in [1.29, 1.82) is 0 Å². The topological polar surface area (TPSA) is 19.4 Å². The molecular formula is C14H15Br2N3S. The number of benzene rings is 1. The number of nitrogens with zero attached hydrogens (tertiary/aromatic N) is 3. The van der Waals surface area contributed by atoms with E-state index in [-0.39, 0.29) is 0 Å². The van der Waals surface area contributed by atoms with E-state index in [9.17, 15) is 0 Å². The molecule has 0 amide bonds. The summed E-state index contributed by atoms with van der Waals surface area (Å²) in [5.41, 5.74) is 2.58. The Labute approximate surface area is 139 Å². The number of rotatable bonds is 3. The molecular weight excluding hydrogens is 402 g/mol. The quantitative estimate of drug-likeness (QED) is 0.701. The van der Waals surface area contributed by atoms with Crippen molar-refractivity contribution < 1.29 is 0 Å². The van der Waals surface area contributed by atoms with E-state index < -0.39 is 0 Å². The van der Waals surface area contributed by atoms with Crippen molar-refractivity contribution in [2.24, 2.45) is 0 Å². The minimum atomic E-state index is 0.893. The lowest BCUT2D eigenvalue weighted by atomic mass is 10.2. The molecule has 0 saturated carbocycles. The highest BCUT2D eigenvalue weighted by Crippen LogP contribution is 2.29. The fourth-order valence-corrected chi connectivity index (χ4v) is 4.12. The van der Waals surface area contributed by atoms with E-state index in [1.807, 2.05) is 11.6 Å². The second kappa shape index (κ2) is 6.45. The lowest BCUT2D eigenvalue weighted by Gasteiger charge is -2.36. The third-order valence-corrected chi connectivity index (χ3v) is 5.59. The van der Waals surface area contributed by atoms with Gasteiger partial charge >= 0.3 is 0 Å². The lowest BCUT2D eigenvalue weighted by molar-refractivity contribution is 0.651. The van der Waals surface area contributed by atoms with Gasteiger partial charge < -0.3 is 9.80 Å². The summed E-state index contributed by atoms with van der Waals surface area (Å²) >= 11 is 8.90. The van der Waals surface area contributed by atoms with Gasteiger partial charge in [0.15, 0.2) is 5.13 Å². The van der Waals surface area contributed by atoms with Crippen LogP contribution < -0.4 is 9.80 Å². The predicted molar refractivity (Wildman–Crippen MR) is 93.3 cm³/mol. The SMILES string of the molecule is BrCc1ccc(N2CCN(c3nccs3)CC2)c(Br)c1. The zero-order valence-corrected chi connectivity index (χ0v) is 14.9. The molecule has 3 nitrogen and oxygen atoms in total. The summed E-state index contributed by atoms with van der Waals surface area (Å²) in [4.78, 5) is 9.19. The second-order valence-corrected chi connectivity index (χ2v) is 7.00. The molecule has 0 spiro atoms. The summed E-state index contributed by atoms with van der Waals surface area (Å²) in [7, 11) is 0. The molecule has 6 heteroatoms. The van der Waals surface area contributed by atoms with Crippen molar-refractivity contribution >= 4 is 54.0 Å². The first-order chi connectivity index (χ1) is 9.78. The first kappa shape index (κ1) is 14.4. The maximum Gasteiger partial charge on any atom is 0.185 e. The molecule has 1 aliphatic heterocycles. The van der Waals surface area contributed by atoms with Gasteiger partial charge in [-0.2, -0.15) is 0 Å². The van der Waals surface area contributed by atoms with Gasteiger partial charge in [0.05, 0.1) is 5.69 Å². The van der Waals surface area contributed by atoms with Crippen LogP contribution in [0.1, 0.15) is 5.56 Å². The molecule has 1 aliphatic rings. The molecule has 2 heterocycles. The standard InChI is InChI=1S/C14H15Br2N3S/c15-10-11-1-2-13(12(16)9-11)18-4-6-19(7-5-18)14-17-3-8-20-14/h1-3,8-9H,4-7,10H2. The smallest absolute Gasteiger partial charge is 0.185 e. The van der Waals surface area contributed by atoms with E-state index in [1.165, 1.54) is 15.7 Å². The van der Waals surface area contributed by atoms with Crippen LogP contribution in [0.3, 0.4) is 0 Å². The monoisotopic (exact) mass is 415 g/mol. The van der Waals surface area contributed by atoms with Crippen LogP contribution in [0.4, 0.5) is 10.8 Å². The van der Waals surface area contributed by atoms with Crippen LogP contribution in [0.15, 0.2) is 34.2 Å². The molecule has 0 bridgehead atoms. The molecule has 1 aromatic carbocycles. The molecule has 106 valence electrons. The molecule has 1 aromatic heterocycles. The number of aromatic nitrogens is 1. The fraction of sp³-hybridized carbons (Fsp3) is 0.357. The third kappa shape index (κ3) is 3.02. The van der Waals surface area contributed by atoms with Gasteiger partial charge in [0.1, 0.15) is 0 Å². The minimum Gasteiger partial charge on any atom is -0.367 e. The molecule has 3 rings (SSSR count). The van der Waals surface area contributed by atoms with E-state index in [0.29, 0.717) is 0 Å². The van der Waals surface area contributed by atoms with E-state index in [0.717, 1.165) is 36.6 Å². The van der Waals surface area contributed by atoms with E-state index in [1.54, 1.807) is 11.3 Å². The van der Waals surface area contributed by atoms with Gasteiger partial charge in [0.25, 0.3) is 0 Å². The zero-order valence-electron chi connectivity index (χ0n) is 10.9. The van der Waals surface area contributed by atoms with E-state index in [4.69, 9.17) is 0 Å². The second-order valence-electron chi connectivity index (χ2n) is 4.71. The van der Waals surface area contributed by atoms with Gasteiger partial charge in [-0.3, -0.25) is 0 Å². The molecule has 0 aliphatic carbocycles. The number of alkyl halides is 1. The van der Waals surface area contributed by atoms with Gasteiger partial charge in [-0.15, -0.1) is 11.3 Å². The Hall–Kier alpha value is -0.590. The summed E-state index contributed by atoms with van der Waals surface area (Å²) in [6.45, 7) is 4.12. The summed E-state index contributed by atoms with van der Waals surface area (Å²) in [6, 6.07) is 6.58. The molecule has 0 atom stereocenters. The van der Waals surface area contributed by atoms with Gasteiger partial charge in [-0.25, -0.2) is 4.98 Å². The minimum absolute atomic E-state index is 0.893. The number of piperazine rings is 1. The molecule has 1 saturated heterocycles. The average Bonchev–Trinajstić information content (AvgIpc) is 3.01. The third-order valence-electron chi connectivity index (χ3n) is 3.48. The van der Waals surface area contributed by atoms with Crippen LogP contribution in [0.2, 0.25) is 0 Å². The number of anilines is 2. The first-order valence-electron chi connectivity index (χ1n) is 6.51. The van der Waals surface area contributed by atoms with Crippen molar-refractivity contribution in [2.75, 3.05) is 36.0 Å². The van der Waals surface area contributed by atoms with Gasteiger partial charge in [0.2, 0.25) is 0 Å². The van der Waals surface area contributed by atoms with Crippen LogP contribution >= 0.6 is 43.2 Å². The highest BCUT2D eigenvalue weighted by molar-refractivity contribution is 9.10. The van der Waals surface area contributed by atoms with Crippen LogP contribution in [-0.2, 0) is 5.33 Å². The van der Waals surface area contributed by atoms with Gasteiger partial charge in [-0.1, -0.05) is 22.0 Å². The van der Waals surface area contributed by atoms with Crippen LogP contribution in [0.5, 0.6) is 0 Å². The Morgan fingerprint density at radius 3 is 2.50 bits per heavy atom. The van der Waals surface area contributed by atoms with Crippen LogP contribution in [0, 0.1) is 0 Å². The Morgan fingerprint density at radius 1 is 1.15 bits per heavy atom. The fourth-order valence-electron chi connectivity index (χ4n) is 2.40. The Bertz CT molecular complexity index is 566. The van der Waals surface area contributed by atoms with E-state index in [2.05, 4.69) is 64.8 Å². The Morgan fingerprint density at radius 2 is 1.90 bits per heavy atom. The van der Waals surface area contributed by atoms with Crippen LogP contribution in [0.25, 0.3) is 0 Å². The van der Waals surface area contributed by atoms with Gasteiger partial charge in [-0.05, 0) is 33.6 Å². The summed E-state index contributed by atoms with van der Waals surface area (Å²) in [5, 5.41) is 4.07. The molecule has 0 N–H and O–H groups in total. The highest BCUT2D eigenvalue weighted by Gasteiger charge is 2.20. The average molecular weight is 417 g/mol. The molecule has 1 fully saturated rings. The normalized spacial score (nSPS) is 15.7. The van der Waals surface area contributed by atoms with Crippen molar-refractivity contribution in [3.63, 3.8) is 0 Å². The maximum absolute atomic E-state index is 4.39. The predicted octanol–water partition coefficient (Wildman–Crippen LogP) is 4.13. The van der Waals surface area contributed by atoms with Crippen molar-refractivity contribution in [3.05, 3.63) is 39.8 Å². The molecule has 2 aromatic rings. The lowest BCUT2D eigenvalue weighted by Crippen LogP contribution is -2.46. The first-order valence-corrected chi connectivity index (χ1v) is 9.31. The zero-order chi connectivity index (χ0) is 13.9. The van der Waals surface area contributed by atoms with E-state index >= 15 is 0 Å². The van der Waals surface area contributed by atoms with Crippen molar-refractivity contribution in [3.8, 4) is 0 Å². The molecule has 0 radical (unpaired) electrons. The highest BCUT2D eigenvalue weighted by atomic mass is 79.9. The van der Waals surface area contributed by atoms with Crippen molar-refractivity contribution in [2.45, 2.75) is 5.33 Å². The maximum atomic E-state index is 4.39. The number of hydrogen-bond donors (Lipinski definition) is 0. The number of hydrogen-bond acceptors (Lipinski definition) is 4. The summed E-state index contributed by atoms with van der Waals surface area (Å²) < 4.78 is 1.18.